The molecule has 1 aromatic rings. The molecule has 0 aliphatic rings. The van der Waals surface area contributed by atoms with E-state index in [2.05, 4.69) is 10.7 Å². The van der Waals surface area contributed by atoms with Crippen molar-refractivity contribution in [2.24, 2.45) is 0 Å². The van der Waals surface area contributed by atoms with Crippen LogP contribution in [-0.4, -0.2) is 37.5 Å². The van der Waals surface area contributed by atoms with Crippen molar-refractivity contribution < 1.29 is 23.9 Å². The third-order valence-electron chi connectivity index (χ3n) is 2.85. The second kappa shape index (κ2) is 9.96. The summed E-state index contributed by atoms with van der Waals surface area (Å²) in [5.41, 5.74) is 5.04. The van der Waals surface area contributed by atoms with E-state index in [0.29, 0.717) is 11.5 Å². The molecule has 1 aromatic carbocycles. The first-order chi connectivity index (χ1) is 11.9. The third kappa shape index (κ3) is 6.94. The molecule has 0 fully saturated rings. The molecule has 0 spiro atoms. The van der Waals surface area contributed by atoms with Crippen molar-refractivity contribution >= 4 is 23.8 Å². The number of benzene rings is 1. The lowest BCUT2D eigenvalue weighted by Crippen LogP contribution is -2.50. The summed E-state index contributed by atoms with van der Waals surface area (Å²) in [7, 11) is 1.50. The first kappa shape index (κ1) is 20.0. The Kier molecular flexibility index (Phi) is 7.98. The van der Waals surface area contributed by atoms with Gasteiger partial charge in [0.2, 0.25) is 0 Å². The van der Waals surface area contributed by atoms with Crippen molar-refractivity contribution in [2.75, 3.05) is 13.7 Å². The molecule has 0 aromatic heterocycles. The highest BCUT2D eigenvalue weighted by Gasteiger charge is 2.15. The van der Waals surface area contributed by atoms with Gasteiger partial charge in [-0.25, -0.2) is 0 Å². The van der Waals surface area contributed by atoms with E-state index < -0.39 is 17.7 Å². The summed E-state index contributed by atoms with van der Waals surface area (Å²) in [5, 5.41) is 2.40. The second-order valence-corrected chi connectivity index (χ2v) is 5.33. The van der Waals surface area contributed by atoms with Crippen LogP contribution in [0.2, 0.25) is 0 Å². The van der Waals surface area contributed by atoms with Crippen molar-refractivity contribution in [3.05, 3.63) is 29.8 Å². The Morgan fingerprint density at radius 3 is 2.44 bits per heavy atom. The number of ether oxygens (including phenoxy) is 2. The molecule has 1 rings (SSSR count). The molecular weight excluding hydrogens is 326 g/mol. The van der Waals surface area contributed by atoms with E-state index in [9.17, 15) is 14.4 Å². The lowest BCUT2D eigenvalue weighted by atomic mass is 10.2. The Balaban J connectivity index is 2.51. The zero-order valence-corrected chi connectivity index (χ0v) is 14.7. The van der Waals surface area contributed by atoms with Crippen LogP contribution in [0.5, 0.6) is 11.5 Å². The van der Waals surface area contributed by atoms with Crippen LogP contribution in [0.3, 0.4) is 0 Å². The largest absolute Gasteiger partial charge is 0.493 e. The van der Waals surface area contributed by atoms with Crippen molar-refractivity contribution in [3.8, 4) is 11.5 Å². The molecule has 3 amide bonds. The standard InChI is InChI=1S/C17H23N3O5/c1-5-6-12-7-8-13(14(9-12)24-4)25-10-15(21)19-20-17(23)16(22)18-11(2)3/h5-9,11H,10H2,1-4H3,(H,18,22)(H,19,21)(H,20,23)/b6-5+. The zero-order valence-electron chi connectivity index (χ0n) is 14.7. The monoisotopic (exact) mass is 349 g/mol. The minimum atomic E-state index is -0.963. The van der Waals surface area contributed by atoms with Gasteiger partial charge in [0.15, 0.2) is 18.1 Å². The molecule has 0 aliphatic heterocycles. The summed E-state index contributed by atoms with van der Waals surface area (Å²) in [6.07, 6.45) is 3.79. The summed E-state index contributed by atoms with van der Waals surface area (Å²) in [6, 6.07) is 5.07. The molecule has 0 saturated heterocycles. The Hall–Kier alpha value is -3.03. The number of methoxy groups -OCH3 is 1. The molecule has 0 bridgehead atoms. The van der Waals surface area contributed by atoms with E-state index in [1.807, 2.05) is 30.6 Å². The lowest BCUT2D eigenvalue weighted by molar-refractivity contribution is -0.141. The van der Waals surface area contributed by atoms with Gasteiger partial charge in [-0.3, -0.25) is 25.2 Å². The number of carbonyl (C=O) groups is 3. The highest BCUT2D eigenvalue weighted by Crippen LogP contribution is 2.28. The first-order valence-electron chi connectivity index (χ1n) is 7.70. The summed E-state index contributed by atoms with van der Waals surface area (Å²) >= 11 is 0. The molecule has 0 atom stereocenters. The average molecular weight is 349 g/mol. The Labute approximate surface area is 146 Å². The van der Waals surface area contributed by atoms with Gasteiger partial charge in [-0.2, -0.15) is 0 Å². The number of carbonyl (C=O) groups excluding carboxylic acids is 3. The van der Waals surface area contributed by atoms with Crippen molar-refractivity contribution in [1.29, 1.82) is 0 Å². The molecule has 25 heavy (non-hydrogen) atoms. The number of hydrazine groups is 1. The summed E-state index contributed by atoms with van der Waals surface area (Å²) in [4.78, 5) is 34.5. The van der Waals surface area contributed by atoms with Crippen molar-refractivity contribution in [2.45, 2.75) is 26.8 Å². The molecule has 8 heteroatoms. The van der Waals surface area contributed by atoms with E-state index in [0.717, 1.165) is 5.56 Å². The fourth-order valence-corrected chi connectivity index (χ4v) is 1.79. The van der Waals surface area contributed by atoms with Gasteiger partial charge in [-0.15, -0.1) is 0 Å². The van der Waals surface area contributed by atoms with Crippen molar-refractivity contribution in [1.82, 2.24) is 16.2 Å². The molecular formula is C17H23N3O5. The van der Waals surface area contributed by atoms with Crippen LogP contribution >= 0.6 is 0 Å². The van der Waals surface area contributed by atoms with Crippen LogP contribution in [0.25, 0.3) is 6.08 Å². The van der Waals surface area contributed by atoms with Gasteiger partial charge in [0, 0.05) is 6.04 Å². The SMILES string of the molecule is C/C=C/c1ccc(OCC(=O)NNC(=O)C(=O)NC(C)C)c(OC)c1. The minimum Gasteiger partial charge on any atom is -0.493 e. The maximum Gasteiger partial charge on any atom is 0.327 e. The molecule has 0 unspecified atom stereocenters. The Morgan fingerprint density at radius 1 is 1.12 bits per heavy atom. The van der Waals surface area contributed by atoms with E-state index in [4.69, 9.17) is 9.47 Å². The van der Waals surface area contributed by atoms with Gasteiger partial charge in [-0.05, 0) is 38.5 Å². The normalized spacial score (nSPS) is 10.4. The van der Waals surface area contributed by atoms with Crippen LogP contribution in [0.15, 0.2) is 24.3 Å². The smallest absolute Gasteiger partial charge is 0.327 e. The topological polar surface area (TPSA) is 106 Å². The minimum absolute atomic E-state index is 0.185. The fraction of sp³-hybridized carbons (Fsp3) is 0.353. The van der Waals surface area contributed by atoms with Gasteiger partial charge >= 0.3 is 11.8 Å². The predicted molar refractivity (Wildman–Crippen MR) is 92.8 cm³/mol. The summed E-state index contributed by atoms with van der Waals surface area (Å²) in [5.74, 6) is -1.56. The molecule has 8 nitrogen and oxygen atoms in total. The number of allylic oxidation sites excluding steroid dienone is 1. The summed E-state index contributed by atoms with van der Waals surface area (Å²) < 4.78 is 10.6. The molecule has 0 heterocycles. The van der Waals surface area contributed by atoms with Gasteiger partial charge in [0.05, 0.1) is 7.11 Å². The number of rotatable bonds is 6. The van der Waals surface area contributed by atoms with Crippen LogP contribution in [-0.2, 0) is 14.4 Å². The highest BCUT2D eigenvalue weighted by molar-refractivity contribution is 6.35. The Morgan fingerprint density at radius 2 is 1.84 bits per heavy atom. The van der Waals surface area contributed by atoms with Crippen LogP contribution in [0.4, 0.5) is 0 Å². The predicted octanol–water partition coefficient (Wildman–Crippen LogP) is 0.779. The van der Waals surface area contributed by atoms with Gasteiger partial charge in [0.1, 0.15) is 0 Å². The zero-order chi connectivity index (χ0) is 18.8. The van der Waals surface area contributed by atoms with Crippen LogP contribution < -0.4 is 25.6 Å². The van der Waals surface area contributed by atoms with Gasteiger partial charge in [-0.1, -0.05) is 18.2 Å². The van der Waals surface area contributed by atoms with E-state index >= 15 is 0 Å². The molecule has 136 valence electrons. The molecule has 0 saturated carbocycles. The number of hydrogen-bond acceptors (Lipinski definition) is 5. The average Bonchev–Trinajstić information content (AvgIpc) is 2.57. The maximum atomic E-state index is 11.7. The summed E-state index contributed by atoms with van der Waals surface area (Å²) in [6.45, 7) is 4.97. The third-order valence-corrected chi connectivity index (χ3v) is 2.85. The number of hydrogen-bond donors (Lipinski definition) is 3. The van der Waals surface area contributed by atoms with E-state index in [1.54, 1.807) is 26.0 Å². The fourth-order valence-electron chi connectivity index (χ4n) is 1.79. The molecule has 0 aliphatic carbocycles. The lowest BCUT2D eigenvalue weighted by Gasteiger charge is -2.12. The maximum absolute atomic E-state index is 11.7. The second-order valence-electron chi connectivity index (χ2n) is 5.33. The van der Waals surface area contributed by atoms with Crippen molar-refractivity contribution in [3.63, 3.8) is 0 Å². The van der Waals surface area contributed by atoms with Gasteiger partial charge in [0.25, 0.3) is 5.91 Å². The quantitative estimate of drug-likeness (QED) is 0.520. The van der Waals surface area contributed by atoms with Crippen LogP contribution in [0.1, 0.15) is 26.3 Å². The number of amides is 3. The molecule has 3 N–H and O–H groups in total. The Bertz CT molecular complexity index is 656. The molecule has 0 radical (unpaired) electrons. The van der Waals surface area contributed by atoms with Crippen LogP contribution in [0, 0.1) is 0 Å². The van der Waals surface area contributed by atoms with Gasteiger partial charge < -0.3 is 14.8 Å². The number of nitrogens with one attached hydrogen (secondary N) is 3. The van der Waals surface area contributed by atoms with E-state index in [1.165, 1.54) is 7.11 Å². The first-order valence-corrected chi connectivity index (χ1v) is 7.70. The highest BCUT2D eigenvalue weighted by atomic mass is 16.5. The van der Waals surface area contributed by atoms with E-state index in [-0.39, 0.29) is 12.6 Å².